The fraction of sp³-hybridized carbons (Fsp3) is 0.167. The van der Waals surface area contributed by atoms with Crippen molar-refractivity contribution in [1.29, 1.82) is 0 Å². The van der Waals surface area contributed by atoms with Crippen LogP contribution >= 0.6 is 46.6 Å². The van der Waals surface area contributed by atoms with E-state index in [-0.39, 0.29) is 0 Å². The van der Waals surface area contributed by atoms with Crippen molar-refractivity contribution in [3.8, 4) is 0 Å². The summed E-state index contributed by atoms with van der Waals surface area (Å²) in [5.41, 5.74) is 0. The van der Waals surface area contributed by atoms with Gasteiger partial charge in [-0.1, -0.05) is 46.6 Å². The molecule has 0 fully saturated rings. The molecule has 0 aliphatic carbocycles. The van der Waals surface area contributed by atoms with Crippen LogP contribution in [-0.4, -0.2) is 17.1 Å². The minimum absolute atomic E-state index is 0.315. The van der Waals surface area contributed by atoms with Gasteiger partial charge in [-0.3, -0.25) is 0 Å². The number of ether oxygens (including phenoxy) is 1. The summed E-state index contributed by atoms with van der Waals surface area (Å²) < 4.78 is 4.99. The molecule has 0 spiro atoms. The second-order valence-electron chi connectivity index (χ2n) is 3.56. The van der Waals surface area contributed by atoms with Crippen molar-refractivity contribution in [2.24, 2.45) is 0 Å². The lowest BCUT2D eigenvalue weighted by Crippen LogP contribution is -1.98. The summed E-state index contributed by atoms with van der Waals surface area (Å²) >= 11 is 19.2. The first-order valence-electron chi connectivity index (χ1n) is 5.24. The Morgan fingerprint density at radius 3 is 2.58 bits per heavy atom. The van der Waals surface area contributed by atoms with Crippen molar-refractivity contribution < 1.29 is 4.74 Å². The van der Waals surface area contributed by atoms with Crippen LogP contribution in [0.25, 0.3) is 0 Å². The summed E-state index contributed by atoms with van der Waals surface area (Å²) in [6, 6.07) is 7.07. The van der Waals surface area contributed by atoms with Gasteiger partial charge in [0, 0.05) is 18.1 Å². The summed E-state index contributed by atoms with van der Waals surface area (Å²) in [6.07, 6.45) is 0. The van der Waals surface area contributed by atoms with Crippen molar-refractivity contribution in [3.05, 3.63) is 45.3 Å². The average molecular weight is 336 g/mol. The van der Waals surface area contributed by atoms with E-state index in [1.165, 1.54) is 11.8 Å². The highest BCUT2D eigenvalue weighted by atomic mass is 35.5. The van der Waals surface area contributed by atoms with Crippen LogP contribution in [0, 0.1) is 0 Å². The number of nitrogens with zero attached hydrogens (tertiary/aromatic N) is 2. The Labute approximate surface area is 130 Å². The fourth-order valence-electron chi connectivity index (χ4n) is 1.35. The third kappa shape index (κ3) is 4.23. The molecular weight excluding hydrogens is 327 g/mol. The first kappa shape index (κ1) is 14.9. The average Bonchev–Trinajstić information content (AvgIpc) is 2.33. The minimum Gasteiger partial charge on any atom is -0.377 e. The number of aromatic nitrogens is 2. The Balaban J connectivity index is 2.24. The van der Waals surface area contributed by atoms with Crippen molar-refractivity contribution in [3.63, 3.8) is 0 Å². The Morgan fingerprint density at radius 1 is 1.11 bits per heavy atom. The van der Waals surface area contributed by atoms with Crippen LogP contribution in [0.4, 0.5) is 0 Å². The lowest BCUT2D eigenvalue weighted by atomic mass is 10.4. The van der Waals surface area contributed by atoms with E-state index in [4.69, 9.17) is 39.5 Å². The van der Waals surface area contributed by atoms with E-state index in [2.05, 4.69) is 9.97 Å². The second-order valence-corrected chi connectivity index (χ2v) is 5.85. The van der Waals surface area contributed by atoms with Gasteiger partial charge in [0.15, 0.2) is 5.82 Å². The lowest BCUT2D eigenvalue weighted by Gasteiger charge is -2.05. The maximum Gasteiger partial charge on any atom is 0.156 e. The molecule has 1 aromatic heterocycles. The van der Waals surface area contributed by atoms with Crippen LogP contribution in [0.3, 0.4) is 0 Å². The third-order valence-electron chi connectivity index (χ3n) is 2.10. The normalized spacial score (nSPS) is 10.7. The van der Waals surface area contributed by atoms with Gasteiger partial charge < -0.3 is 4.74 Å². The maximum atomic E-state index is 5.97. The van der Waals surface area contributed by atoms with Crippen LogP contribution in [0.5, 0.6) is 0 Å². The molecule has 0 aliphatic rings. The van der Waals surface area contributed by atoms with E-state index in [0.29, 0.717) is 27.6 Å². The number of rotatable bonds is 4. The number of methoxy groups -OCH3 is 1. The Kier molecular flexibility index (Phi) is 5.30. The Hall–Kier alpha value is -0.520. The molecule has 1 heterocycles. The van der Waals surface area contributed by atoms with E-state index in [1.807, 2.05) is 6.07 Å². The number of hydrogen-bond acceptors (Lipinski definition) is 4. The van der Waals surface area contributed by atoms with Gasteiger partial charge in [-0.15, -0.1) is 0 Å². The summed E-state index contributed by atoms with van der Waals surface area (Å²) in [5.74, 6) is 0.539. The van der Waals surface area contributed by atoms with Crippen molar-refractivity contribution in [1.82, 2.24) is 9.97 Å². The molecule has 0 atom stereocenters. The predicted octanol–water partition coefficient (Wildman–Crippen LogP) is 4.73. The van der Waals surface area contributed by atoms with E-state index in [0.717, 1.165) is 9.92 Å². The second kappa shape index (κ2) is 6.77. The van der Waals surface area contributed by atoms with E-state index >= 15 is 0 Å². The highest BCUT2D eigenvalue weighted by Crippen LogP contribution is 2.32. The molecule has 3 nitrogen and oxygen atoms in total. The molecule has 0 aliphatic heterocycles. The molecule has 1 aromatic carbocycles. The van der Waals surface area contributed by atoms with Crippen molar-refractivity contribution in [2.75, 3.05) is 7.11 Å². The van der Waals surface area contributed by atoms with Crippen LogP contribution in [0.15, 0.2) is 34.2 Å². The zero-order valence-corrected chi connectivity index (χ0v) is 12.9. The maximum absolute atomic E-state index is 5.97. The molecule has 0 saturated carbocycles. The summed E-state index contributed by atoms with van der Waals surface area (Å²) in [4.78, 5) is 9.33. The first-order valence-corrected chi connectivity index (χ1v) is 7.19. The molecule has 0 unspecified atom stereocenters. The largest absolute Gasteiger partial charge is 0.377 e. The summed E-state index contributed by atoms with van der Waals surface area (Å²) in [6.45, 7) is 0.315. The van der Waals surface area contributed by atoms with Gasteiger partial charge >= 0.3 is 0 Å². The summed E-state index contributed by atoms with van der Waals surface area (Å²) in [5, 5.41) is 2.13. The molecular formula is C12H9Cl3N2OS. The summed E-state index contributed by atoms with van der Waals surface area (Å²) in [7, 11) is 1.58. The van der Waals surface area contributed by atoms with Gasteiger partial charge in [0.2, 0.25) is 0 Å². The zero-order chi connectivity index (χ0) is 13.8. The molecule has 0 radical (unpaired) electrons. The zero-order valence-electron chi connectivity index (χ0n) is 9.86. The highest BCUT2D eigenvalue weighted by molar-refractivity contribution is 7.99. The van der Waals surface area contributed by atoms with Gasteiger partial charge in [0.1, 0.15) is 16.8 Å². The molecule has 2 aromatic rings. The van der Waals surface area contributed by atoms with Crippen LogP contribution < -0.4 is 0 Å². The SMILES string of the molecule is COCc1nc(Cl)cc(Sc2ccc(Cl)c(Cl)c2)n1. The van der Waals surface area contributed by atoms with Gasteiger partial charge in [-0.05, 0) is 18.2 Å². The van der Waals surface area contributed by atoms with Crippen molar-refractivity contribution in [2.45, 2.75) is 16.5 Å². The topological polar surface area (TPSA) is 35.0 Å². The fourth-order valence-corrected chi connectivity index (χ4v) is 2.85. The number of hydrogen-bond donors (Lipinski definition) is 0. The van der Waals surface area contributed by atoms with Crippen molar-refractivity contribution >= 4 is 46.6 Å². The quantitative estimate of drug-likeness (QED) is 0.756. The number of halogens is 3. The van der Waals surface area contributed by atoms with Crippen LogP contribution in [0.2, 0.25) is 15.2 Å². The Bertz CT molecular complexity index is 595. The standard InChI is InChI=1S/C12H9Cl3N2OS/c1-18-6-11-16-10(15)5-12(17-11)19-7-2-3-8(13)9(14)4-7/h2-5H,6H2,1H3. The lowest BCUT2D eigenvalue weighted by molar-refractivity contribution is 0.177. The van der Waals surface area contributed by atoms with Gasteiger partial charge in [-0.25, -0.2) is 9.97 Å². The third-order valence-corrected chi connectivity index (χ3v) is 3.95. The van der Waals surface area contributed by atoms with Gasteiger partial charge in [0.25, 0.3) is 0 Å². The van der Waals surface area contributed by atoms with Crippen LogP contribution in [-0.2, 0) is 11.3 Å². The molecule has 7 heteroatoms. The number of benzene rings is 1. The molecule has 0 saturated heterocycles. The van der Waals surface area contributed by atoms with E-state index < -0.39 is 0 Å². The smallest absolute Gasteiger partial charge is 0.156 e. The molecule has 19 heavy (non-hydrogen) atoms. The Morgan fingerprint density at radius 2 is 1.89 bits per heavy atom. The molecule has 100 valence electrons. The molecule has 0 amide bonds. The molecule has 0 bridgehead atoms. The van der Waals surface area contributed by atoms with E-state index in [1.54, 1.807) is 25.3 Å². The molecule has 2 rings (SSSR count). The van der Waals surface area contributed by atoms with E-state index in [9.17, 15) is 0 Å². The van der Waals surface area contributed by atoms with Gasteiger partial charge in [-0.2, -0.15) is 0 Å². The monoisotopic (exact) mass is 334 g/mol. The first-order chi connectivity index (χ1) is 9.08. The highest BCUT2D eigenvalue weighted by Gasteiger charge is 2.06. The minimum atomic E-state index is 0.315. The molecule has 0 N–H and O–H groups in total. The predicted molar refractivity (Wildman–Crippen MR) is 78.3 cm³/mol. The van der Waals surface area contributed by atoms with Gasteiger partial charge in [0.05, 0.1) is 10.0 Å². The van der Waals surface area contributed by atoms with Crippen LogP contribution in [0.1, 0.15) is 5.82 Å².